The Balaban J connectivity index is 0.000000193. The van der Waals surface area contributed by atoms with E-state index in [1.807, 2.05) is 0 Å². The SMILES string of the molecule is Cc1c(S)c(C)c(-c2ccccc2)c(C)c1-c1ccccc1.O=C(O)c1ccc(C(F)(F)F)cc1.[N-]=[N+]=C(S(=O)(=O)C1CCCCC1)S(=O)(=O)C1CCCCC1. The second-order valence-electron chi connectivity index (χ2n) is 14.1. The minimum Gasteiger partial charge on any atom is -0.478 e. The van der Waals surface area contributed by atoms with Gasteiger partial charge in [-0.25, -0.2) is 21.6 Å². The smallest absolute Gasteiger partial charge is 0.478 e. The van der Waals surface area contributed by atoms with Crippen molar-refractivity contribution < 1.29 is 44.7 Å². The molecule has 8 nitrogen and oxygen atoms in total. The topological polar surface area (TPSA) is 142 Å². The second-order valence-corrected chi connectivity index (χ2v) is 19.1. The Labute approximate surface area is 333 Å². The molecule has 56 heavy (non-hydrogen) atoms. The van der Waals surface area contributed by atoms with Crippen molar-refractivity contribution in [3.8, 4) is 22.3 Å². The van der Waals surface area contributed by atoms with Gasteiger partial charge in [-0.15, -0.1) is 17.4 Å². The van der Waals surface area contributed by atoms with Gasteiger partial charge < -0.3 is 10.6 Å². The van der Waals surface area contributed by atoms with Gasteiger partial charge in [0.2, 0.25) is 0 Å². The van der Waals surface area contributed by atoms with E-state index in [0.717, 1.165) is 67.7 Å². The number of aromatic carboxylic acids is 1. The van der Waals surface area contributed by atoms with Crippen molar-refractivity contribution in [2.24, 2.45) is 0 Å². The highest BCUT2D eigenvalue weighted by Crippen LogP contribution is 2.41. The summed E-state index contributed by atoms with van der Waals surface area (Å²) in [5.41, 5.74) is 17.0. The van der Waals surface area contributed by atoms with E-state index < -0.39 is 52.3 Å². The van der Waals surface area contributed by atoms with E-state index in [1.54, 1.807) is 0 Å². The average Bonchev–Trinajstić information content (AvgIpc) is 3.19. The van der Waals surface area contributed by atoms with Crippen molar-refractivity contribution in [1.82, 2.24) is 0 Å². The standard InChI is InChI=1S/C21H20S.C13H22N2O4S2.C8H5F3O2/c1-14-19(17-10-6-4-7-11-17)15(2)21(22)16(3)20(14)18-12-8-5-9-13-18;14-15-13(20(16,17)11-7-3-1-4-8-11)21(18,19)12-9-5-2-6-10-12;9-8(10,11)6-3-1-5(2-4-6)7(12)13/h4-13,22H,1-3H3;11-12H,1-10H2;1-4H,(H,12,13). The first-order chi connectivity index (χ1) is 26.4. The second kappa shape index (κ2) is 19.3. The van der Waals surface area contributed by atoms with Crippen LogP contribution in [0.15, 0.2) is 89.8 Å². The number of nitrogens with zero attached hydrogens (tertiary/aromatic N) is 2. The number of hydrogen-bond donors (Lipinski definition) is 2. The van der Waals surface area contributed by atoms with Gasteiger partial charge in [0.25, 0.3) is 19.7 Å². The molecule has 4 aromatic rings. The van der Waals surface area contributed by atoms with Gasteiger partial charge in [0, 0.05) is 4.90 Å². The number of benzene rings is 4. The average molecular weight is 829 g/mol. The van der Waals surface area contributed by atoms with E-state index in [4.69, 9.17) is 23.3 Å². The van der Waals surface area contributed by atoms with E-state index in [1.165, 1.54) is 38.9 Å². The lowest BCUT2D eigenvalue weighted by Crippen LogP contribution is -2.40. The Hall–Kier alpha value is -4.23. The zero-order valence-electron chi connectivity index (χ0n) is 31.6. The molecule has 0 aliphatic heterocycles. The third-order valence-corrected chi connectivity index (χ3v) is 16.2. The fraction of sp³-hybridized carbons (Fsp3) is 0.381. The molecule has 14 heteroatoms. The van der Waals surface area contributed by atoms with Crippen LogP contribution in [0.1, 0.15) is 96.8 Å². The van der Waals surface area contributed by atoms with Crippen molar-refractivity contribution >= 4 is 42.6 Å². The van der Waals surface area contributed by atoms with Crippen LogP contribution in [-0.4, -0.2) is 47.6 Å². The minimum absolute atomic E-state index is 0.159. The Kier molecular flexibility index (Phi) is 15.3. The van der Waals surface area contributed by atoms with Crippen LogP contribution in [-0.2, 0) is 25.9 Å². The van der Waals surface area contributed by atoms with Crippen LogP contribution < -0.4 is 0 Å². The number of carbonyl (C=O) groups is 1. The highest BCUT2D eigenvalue weighted by atomic mass is 32.3. The van der Waals surface area contributed by atoms with E-state index in [-0.39, 0.29) is 5.56 Å². The molecule has 0 saturated heterocycles. The molecule has 0 amide bonds. The summed E-state index contributed by atoms with van der Waals surface area (Å²) in [5.74, 6) is -1.24. The van der Waals surface area contributed by atoms with Gasteiger partial charge in [-0.2, -0.15) is 13.2 Å². The number of hydrogen-bond acceptors (Lipinski definition) is 6. The van der Waals surface area contributed by atoms with Gasteiger partial charge in [-0.05, 0) is 110 Å². The van der Waals surface area contributed by atoms with Gasteiger partial charge >= 0.3 is 16.5 Å². The molecule has 300 valence electrons. The number of alkyl halides is 3. The molecule has 0 radical (unpaired) electrons. The van der Waals surface area contributed by atoms with E-state index in [9.17, 15) is 34.8 Å². The number of carboxylic acid groups (broad SMARTS) is 1. The van der Waals surface area contributed by atoms with Gasteiger partial charge in [0.1, 0.15) is 0 Å². The lowest BCUT2D eigenvalue weighted by molar-refractivity contribution is -0.137. The van der Waals surface area contributed by atoms with Crippen molar-refractivity contribution in [2.45, 2.75) is 107 Å². The number of thiol groups is 1. The third-order valence-electron chi connectivity index (χ3n) is 10.3. The van der Waals surface area contributed by atoms with Crippen LogP contribution in [0.4, 0.5) is 13.2 Å². The summed E-state index contributed by atoms with van der Waals surface area (Å²) >= 11 is 4.80. The van der Waals surface area contributed by atoms with Crippen LogP contribution >= 0.6 is 12.6 Å². The van der Waals surface area contributed by atoms with Gasteiger partial charge in [-0.1, -0.05) is 99.2 Å². The van der Waals surface area contributed by atoms with Crippen molar-refractivity contribution in [2.75, 3.05) is 0 Å². The van der Waals surface area contributed by atoms with Crippen molar-refractivity contribution in [3.05, 3.63) is 118 Å². The summed E-state index contributed by atoms with van der Waals surface area (Å²) in [4.78, 5) is 14.1. The molecule has 0 unspecified atom stereocenters. The quantitative estimate of drug-likeness (QED) is 0.0674. The first-order valence-electron chi connectivity index (χ1n) is 18.5. The Morgan fingerprint density at radius 2 is 1.04 bits per heavy atom. The lowest BCUT2D eigenvalue weighted by atomic mass is 9.86. The Morgan fingerprint density at radius 3 is 1.36 bits per heavy atom. The Bertz CT molecular complexity index is 2130. The first kappa shape index (κ1) is 44.5. The van der Waals surface area contributed by atoms with Crippen molar-refractivity contribution in [1.29, 1.82) is 0 Å². The zero-order valence-corrected chi connectivity index (χ0v) is 34.1. The molecular weight excluding hydrogens is 782 g/mol. The molecule has 2 fully saturated rings. The van der Waals surface area contributed by atoms with Crippen LogP contribution in [0, 0.1) is 20.8 Å². The molecule has 6 rings (SSSR count). The molecule has 2 aliphatic rings. The molecule has 0 heterocycles. The number of rotatable bonds is 5. The maximum absolute atomic E-state index is 12.5. The monoisotopic (exact) mass is 828 g/mol. The summed E-state index contributed by atoms with van der Waals surface area (Å²) in [6.07, 6.45) is 2.37. The minimum atomic E-state index is -4.42. The number of sulfone groups is 2. The van der Waals surface area contributed by atoms with Gasteiger partial charge in [0.05, 0.1) is 21.6 Å². The molecule has 4 aromatic carbocycles. The van der Waals surface area contributed by atoms with E-state index in [0.29, 0.717) is 25.7 Å². The molecular formula is C42H47F3N2O6S3. The summed E-state index contributed by atoms with van der Waals surface area (Å²) in [6, 6.07) is 24.5. The maximum atomic E-state index is 12.5. The van der Waals surface area contributed by atoms with Crippen LogP contribution in [0.3, 0.4) is 0 Å². The zero-order chi connectivity index (χ0) is 41.3. The van der Waals surface area contributed by atoms with E-state index >= 15 is 0 Å². The van der Waals surface area contributed by atoms with Crippen molar-refractivity contribution in [3.63, 3.8) is 0 Å². The van der Waals surface area contributed by atoms with Crippen LogP contribution in [0.25, 0.3) is 27.8 Å². The normalized spacial score (nSPS) is 15.3. The Morgan fingerprint density at radius 1 is 0.661 bits per heavy atom. The molecule has 0 atom stereocenters. The summed E-state index contributed by atoms with van der Waals surface area (Å²) in [7, 11) is -8.14. The molecule has 0 aromatic heterocycles. The summed E-state index contributed by atoms with van der Waals surface area (Å²) in [6.45, 7) is 6.55. The fourth-order valence-corrected chi connectivity index (χ4v) is 12.4. The van der Waals surface area contributed by atoms with Gasteiger partial charge in [0.15, 0.2) is 0 Å². The molecule has 0 bridgehead atoms. The van der Waals surface area contributed by atoms with Crippen LogP contribution in [0.5, 0.6) is 0 Å². The van der Waals surface area contributed by atoms with E-state index in [2.05, 4.69) is 86.2 Å². The third kappa shape index (κ3) is 10.6. The largest absolute Gasteiger partial charge is 0.495 e. The molecule has 0 spiro atoms. The lowest BCUT2D eigenvalue weighted by Gasteiger charge is -2.22. The highest BCUT2D eigenvalue weighted by molar-refractivity contribution is 8.31. The fourth-order valence-electron chi connectivity index (χ4n) is 7.39. The predicted octanol–water partition coefficient (Wildman–Crippen LogP) is 10.7. The first-order valence-corrected chi connectivity index (χ1v) is 22.0. The summed E-state index contributed by atoms with van der Waals surface area (Å²) < 4.78 is 85.1. The molecule has 2 aliphatic carbocycles. The molecule has 2 saturated carbocycles. The number of carboxylic acids is 1. The van der Waals surface area contributed by atoms with Gasteiger partial charge in [-0.3, -0.25) is 0 Å². The summed E-state index contributed by atoms with van der Waals surface area (Å²) in [5, 5.41) is 6.94. The number of halogens is 3. The maximum Gasteiger partial charge on any atom is 0.495 e. The molecule has 1 N–H and O–H groups in total. The van der Waals surface area contributed by atoms with Crippen LogP contribution in [0.2, 0.25) is 0 Å². The predicted molar refractivity (Wildman–Crippen MR) is 217 cm³/mol. The highest BCUT2D eigenvalue weighted by Gasteiger charge is 2.50.